The fraction of sp³-hybridized carbons (Fsp3) is 0.459. The number of nitrogens with zero attached hydrogens (tertiary/aromatic N) is 3. The molecule has 0 amide bonds. The van der Waals surface area contributed by atoms with Gasteiger partial charge in [0.25, 0.3) is 0 Å². The average molecular weight is 598 g/mol. The number of fused-ring (bicyclic) bond motifs is 3. The molecule has 4 aromatic rings. The van der Waals surface area contributed by atoms with Crippen LogP contribution in [0.15, 0.2) is 42.6 Å². The lowest BCUT2D eigenvalue weighted by molar-refractivity contribution is 0.110. The fourth-order valence-corrected chi connectivity index (χ4v) is 7.48. The van der Waals surface area contributed by atoms with Gasteiger partial charge >= 0.3 is 0 Å². The van der Waals surface area contributed by atoms with E-state index in [1.165, 1.54) is 6.07 Å². The summed E-state index contributed by atoms with van der Waals surface area (Å²) in [6.45, 7) is 6.13. The molecule has 2 saturated heterocycles. The van der Waals surface area contributed by atoms with Crippen LogP contribution in [0, 0.1) is 18.2 Å². The predicted octanol–water partition coefficient (Wildman–Crippen LogP) is 8.70. The molecule has 0 radical (unpaired) electrons. The zero-order valence-electron chi connectivity index (χ0n) is 25.7. The maximum absolute atomic E-state index is 15.0. The molecular formula is C37H41F2N3O2. The van der Waals surface area contributed by atoms with Gasteiger partial charge in [-0.3, -0.25) is 4.90 Å². The Morgan fingerprint density at radius 3 is 2.70 bits per heavy atom. The van der Waals surface area contributed by atoms with Crippen molar-refractivity contribution in [3.05, 3.63) is 59.5 Å². The van der Waals surface area contributed by atoms with Crippen LogP contribution in [0.4, 0.5) is 8.78 Å². The molecule has 6 rings (SSSR count). The molecule has 7 heteroatoms. The normalized spacial score (nSPS) is 20.0. The van der Waals surface area contributed by atoms with Gasteiger partial charge in [-0.05, 0) is 90.6 Å². The third-order valence-electron chi connectivity index (χ3n) is 9.66. The van der Waals surface area contributed by atoms with Crippen molar-refractivity contribution in [1.29, 1.82) is 0 Å². The van der Waals surface area contributed by atoms with Gasteiger partial charge in [0.2, 0.25) is 5.88 Å². The zero-order valence-corrected chi connectivity index (χ0v) is 25.7. The van der Waals surface area contributed by atoms with Crippen LogP contribution < -0.4 is 4.74 Å². The first-order valence-corrected chi connectivity index (χ1v) is 16.1. The molecule has 0 spiro atoms. The van der Waals surface area contributed by atoms with Crippen LogP contribution in [-0.2, 0) is 0 Å². The highest BCUT2D eigenvalue weighted by molar-refractivity contribution is 6.03. The summed E-state index contributed by atoms with van der Waals surface area (Å²) in [5, 5.41) is 12.0. The molecule has 1 N–H and O–H groups in total. The van der Waals surface area contributed by atoms with Crippen molar-refractivity contribution in [2.75, 3.05) is 19.7 Å². The SMILES string of the molecule is C#Cc1c(F)ccc2cc(O)cc(-c3cc(C(CCCC)CCCC)c4ncc(OCC56CCCN5CC(F)C6)nc4c3)c12. The summed E-state index contributed by atoms with van der Waals surface area (Å²) in [6, 6.07) is 10.3. The largest absolute Gasteiger partial charge is 0.508 e. The van der Waals surface area contributed by atoms with Gasteiger partial charge in [0, 0.05) is 18.4 Å². The minimum absolute atomic E-state index is 0.0727. The van der Waals surface area contributed by atoms with Crippen molar-refractivity contribution >= 4 is 21.8 Å². The smallest absolute Gasteiger partial charge is 0.232 e. The van der Waals surface area contributed by atoms with E-state index >= 15 is 0 Å². The molecule has 2 unspecified atom stereocenters. The Hall–Kier alpha value is -3.76. The number of phenols is 1. The van der Waals surface area contributed by atoms with Crippen LogP contribution in [-0.4, -0.2) is 51.4 Å². The first-order chi connectivity index (χ1) is 21.4. The van der Waals surface area contributed by atoms with E-state index in [0.29, 0.717) is 47.3 Å². The summed E-state index contributed by atoms with van der Waals surface area (Å²) in [7, 11) is 0. The Labute approximate surface area is 258 Å². The Morgan fingerprint density at radius 1 is 1.16 bits per heavy atom. The second-order valence-corrected chi connectivity index (χ2v) is 12.6. The molecule has 2 aliphatic rings. The third-order valence-corrected chi connectivity index (χ3v) is 9.66. The molecule has 0 saturated carbocycles. The standard InChI is InChI=1S/C37H41F2N3O2/c1-4-7-10-24(11-8-5-2)31-17-26(30-19-28(43)16-25-12-13-32(39)29(6-3)35(25)30)18-33-36(31)40-21-34(41-33)44-23-37-14-9-15-42(37)22-27(38)20-37/h3,12-13,16-19,21,24,27,43H,4-5,7-11,14-15,20,22-23H2,1-2H3. The Kier molecular flexibility index (Phi) is 8.73. The number of phenolic OH excluding ortho intramolecular Hbond substituents is 1. The number of hydrogen-bond donors (Lipinski definition) is 1. The average Bonchev–Trinajstić information content (AvgIpc) is 3.55. The molecule has 44 heavy (non-hydrogen) atoms. The number of aromatic hydroxyl groups is 1. The van der Waals surface area contributed by atoms with E-state index < -0.39 is 12.0 Å². The van der Waals surface area contributed by atoms with Crippen molar-refractivity contribution in [1.82, 2.24) is 14.9 Å². The van der Waals surface area contributed by atoms with E-state index in [1.807, 2.05) is 6.07 Å². The molecular weight excluding hydrogens is 556 g/mol. The summed E-state index contributed by atoms with van der Waals surface area (Å²) in [4.78, 5) is 12.1. The summed E-state index contributed by atoms with van der Waals surface area (Å²) in [5.41, 5.74) is 3.88. The van der Waals surface area contributed by atoms with Gasteiger partial charge in [0.05, 0.1) is 28.3 Å². The number of rotatable bonds is 11. The van der Waals surface area contributed by atoms with Crippen molar-refractivity contribution < 1.29 is 18.6 Å². The lowest BCUT2D eigenvalue weighted by atomic mass is 9.85. The van der Waals surface area contributed by atoms with Crippen LogP contribution in [0.5, 0.6) is 11.6 Å². The van der Waals surface area contributed by atoms with E-state index in [4.69, 9.17) is 21.1 Å². The highest BCUT2D eigenvalue weighted by Gasteiger charge is 2.49. The molecule has 0 aliphatic carbocycles. The van der Waals surface area contributed by atoms with Gasteiger partial charge in [-0.15, -0.1) is 6.42 Å². The van der Waals surface area contributed by atoms with Gasteiger partial charge in [-0.2, -0.15) is 0 Å². The molecule has 2 fully saturated rings. The third kappa shape index (κ3) is 5.73. The zero-order chi connectivity index (χ0) is 30.8. The van der Waals surface area contributed by atoms with Gasteiger partial charge in [0.15, 0.2) is 0 Å². The summed E-state index contributed by atoms with van der Waals surface area (Å²) >= 11 is 0. The van der Waals surface area contributed by atoms with Gasteiger partial charge < -0.3 is 9.84 Å². The van der Waals surface area contributed by atoms with Crippen molar-refractivity contribution in [3.8, 4) is 35.1 Å². The van der Waals surface area contributed by atoms with Crippen LogP contribution in [0.1, 0.15) is 88.7 Å². The highest BCUT2D eigenvalue weighted by Crippen LogP contribution is 2.42. The number of unbranched alkanes of at least 4 members (excludes halogenated alkanes) is 2. The molecule has 230 valence electrons. The van der Waals surface area contributed by atoms with E-state index in [9.17, 15) is 13.9 Å². The quantitative estimate of drug-likeness (QED) is 0.175. The molecule has 0 bridgehead atoms. The topological polar surface area (TPSA) is 58.5 Å². The number of terminal acetylenes is 1. The number of alkyl halides is 1. The molecule has 3 aromatic carbocycles. The number of halogens is 2. The first kappa shape index (κ1) is 30.3. The summed E-state index contributed by atoms with van der Waals surface area (Å²) in [5.74, 6) is 2.79. The van der Waals surface area contributed by atoms with Crippen molar-refractivity contribution in [2.45, 2.75) is 89.3 Å². The number of benzene rings is 3. The number of ether oxygens (including phenoxy) is 1. The lowest BCUT2D eigenvalue weighted by Crippen LogP contribution is -2.43. The highest BCUT2D eigenvalue weighted by atomic mass is 19.1. The van der Waals surface area contributed by atoms with E-state index in [2.05, 4.69) is 30.7 Å². The van der Waals surface area contributed by atoms with Gasteiger partial charge in [-0.25, -0.2) is 18.7 Å². The molecule has 1 aromatic heterocycles. The minimum Gasteiger partial charge on any atom is -0.508 e. The Bertz CT molecular complexity index is 1710. The summed E-state index contributed by atoms with van der Waals surface area (Å²) in [6.07, 6.45) is 15.5. The molecule has 3 heterocycles. The van der Waals surface area contributed by atoms with E-state index in [-0.39, 0.29) is 22.8 Å². The monoisotopic (exact) mass is 597 g/mol. The maximum atomic E-state index is 15.0. The van der Waals surface area contributed by atoms with Crippen molar-refractivity contribution in [2.24, 2.45) is 0 Å². The van der Waals surface area contributed by atoms with Gasteiger partial charge in [-0.1, -0.05) is 51.5 Å². The van der Waals surface area contributed by atoms with Crippen LogP contribution >= 0.6 is 0 Å². The van der Waals surface area contributed by atoms with E-state index in [0.717, 1.165) is 74.6 Å². The second kappa shape index (κ2) is 12.7. The minimum atomic E-state index is -0.829. The molecule has 2 atom stereocenters. The van der Waals surface area contributed by atoms with Crippen LogP contribution in [0.3, 0.4) is 0 Å². The predicted molar refractivity (Wildman–Crippen MR) is 172 cm³/mol. The second-order valence-electron chi connectivity index (χ2n) is 12.6. The van der Waals surface area contributed by atoms with Crippen LogP contribution in [0.2, 0.25) is 0 Å². The summed E-state index contributed by atoms with van der Waals surface area (Å²) < 4.78 is 35.6. The van der Waals surface area contributed by atoms with Crippen molar-refractivity contribution in [3.63, 3.8) is 0 Å². The lowest BCUT2D eigenvalue weighted by Gasteiger charge is -2.31. The molecule has 2 aliphatic heterocycles. The maximum Gasteiger partial charge on any atom is 0.232 e. The fourth-order valence-electron chi connectivity index (χ4n) is 7.48. The Balaban J connectivity index is 1.49. The molecule has 5 nitrogen and oxygen atoms in total. The number of hydrogen-bond acceptors (Lipinski definition) is 5. The van der Waals surface area contributed by atoms with Crippen LogP contribution in [0.25, 0.3) is 32.9 Å². The first-order valence-electron chi connectivity index (χ1n) is 16.1. The number of aromatic nitrogens is 2. The van der Waals surface area contributed by atoms with Gasteiger partial charge in [0.1, 0.15) is 24.3 Å². The Morgan fingerprint density at radius 2 is 1.95 bits per heavy atom. The van der Waals surface area contributed by atoms with E-state index in [1.54, 1.807) is 24.4 Å².